The summed E-state index contributed by atoms with van der Waals surface area (Å²) in [6, 6.07) is 6.86. The second-order valence-corrected chi connectivity index (χ2v) is 6.70. The lowest BCUT2D eigenvalue weighted by Gasteiger charge is -2.40. The van der Waals surface area contributed by atoms with Crippen molar-refractivity contribution in [2.45, 2.75) is 59.1 Å². The Morgan fingerprint density at radius 1 is 1.21 bits per heavy atom. The summed E-state index contributed by atoms with van der Waals surface area (Å²) < 4.78 is 6.27. The van der Waals surface area contributed by atoms with Gasteiger partial charge in [-0.15, -0.1) is 0 Å². The first kappa shape index (κ1) is 14.4. The van der Waals surface area contributed by atoms with Gasteiger partial charge in [0, 0.05) is 6.04 Å². The van der Waals surface area contributed by atoms with Crippen molar-refractivity contribution in [3.63, 3.8) is 0 Å². The first-order valence-electron chi connectivity index (χ1n) is 7.32. The number of hydrogen-bond acceptors (Lipinski definition) is 2. The van der Waals surface area contributed by atoms with Gasteiger partial charge in [0.25, 0.3) is 0 Å². The van der Waals surface area contributed by atoms with Crippen LogP contribution in [0.25, 0.3) is 0 Å². The molecule has 2 heteroatoms. The Kier molecular flexibility index (Phi) is 4.19. The summed E-state index contributed by atoms with van der Waals surface area (Å²) in [6.45, 7) is 8.97. The molecule has 0 amide bonds. The van der Waals surface area contributed by atoms with Crippen LogP contribution < -0.4 is 10.1 Å². The SMILES string of the molecule is CNC1CCC(C)(C)CC1Oc1ccc(C)c(C)c1. The van der Waals surface area contributed by atoms with E-state index in [1.165, 1.54) is 24.0 Å². The molecule has 1 aliphatic rings. The molecular formula is C17H27NO. The van der Waals surface area contributed by atoms with Crippen LogP contribution in [0.4, 0.5) is 0 Å². The van der Waals surface area contributed by atoms with Gasteiger partial charge in [0.2, 0.25) is 0 Å². The van der Waals surface area contributed by atoms with Gasteiger partial charge in [-0.2, -0.15) is 0 Å². The fourth-order valence-corrected chi connectivity index (χ4v) is 2.94. The molecule has 2 rings (SSSR count). The number of nitrogens with one attached hydrogen (secondary N) is 1. The highest BCUT2D eigenvalue weighted by Crippen LogP contribution is 2.37. The molecule has 19 heavy (non-hydrogen) atoms. The van der Waals surface area contributed by atoms with Crippen molar-refractivity contribution in [2.24, 2.45) is 5.41 Å². The van der Waals surface area contributed by atoms with Gasteiger partial charge < -0.3 is 10.1 Å². The number of rotatable bonds is 3. The molecule has 1 aromatic rings. The molecule has 1 N–H and O–H groups in total. The summed E-state index contributed by atoms with van der Waals surface area (Å²) in [5, 5.41) is 3.41. The van der Waals surface area contributed by atoms with Crippen molar-refractivity contribution in [3.8, 4) is 5.75 Å². The van der Waals surface area contributed by atoms with Crippen molar-refractivity contribution in [1.82, 2.24) is 5.32 Å². The van der Waals surface area contributed by atoms with Gasteiger partial charge in [0.15, 0.2) is 0 Å². The van der Waals surface area contributed by atoms with Crippen LogP contribution in [0, 0.1) is 19.3 Å². The van der Waals surface area contributed by atoms with Crippen LogP contribution in [0.15, 0.2) is 18.2 Å². The summed E-state index contributed by atoms with van der Waals surface area (Å²) in [5.74, 6) is 1.01. The van der Waals surface area contributed by atoms with Crippen molar-refractivity contribution >= 4 is 0 Å². The summed E-state index contributed by atoms with van der Waals surface area (Å²) in [6.07, 6.45) is 3.85. The lowest BCUT2D eigenvalue weighted by molar-refractivity contribution is 0.0558. The first-order valence-corrected chi connectivity index (χ1v) is 7.32. The highest BCUT2D eigenvalue weighted by atomic mass is 16.5. The molecule has 0 spiro atoms. The Morgan fingerprint density at radius 3 is 2.58 bits per heavy atom. The number of hydrogen-bond donors (Lipinski definition) is 1. The molecule has 2 nitrogen and oxygen atoms in total. The molecule has 2 unspecified atom stereocenters. The van der Waals surface area contributed by atoms with Gasteiger partial charge in [0.1, 0.15) is 11.9 Å². The van der Waals surface area contributed by atoms with Crippen LogP contribution in [0.2, 0.25) is 0 Å². The average molecular weight is 261 g/mol. The smallest absolute Gasteiger partial charge is 0.120 e. The van der Waals surface area contributed by atoms with E-state index in [1.54, 1.807) is 0 Å². The third-order valence-corrected chi connectivity index (χ3v) is 4.47. The van der Waals surface area contributed by atoms with E-state index in [0.717, 1.165) is 12.2 Å². The fraction of sp³-hybridized carbons (Fsp3) is 0.647. The minimum Gasteiger partial charge on any atom is -0.489 e. The van der Waals surface area contributed by atoms with E-state index in [2.05, 4.69) is 51.2 Å². The molecule has 0 aromatic heterocycles. The lowest BCUT2D eigenvalue weighted by atomic mass is 9.74. The molecule has 0 bridgehead atoms. The van der Waals surface area contributed by atoms with E-state index in [9.17, 15) is 0 Å². The maximum atomic E-state index is 6.27. The van der Waals surface area contributed by atoms with E-state index >= 15 is 0 Å². The molecule has 106 valence electrons. The summed E-state index contributed by atoms with van der Waals surface area (Å²) in [7, 11) is 2.04. The number of aryl methyl sites for hydroxylation is 2. The molecule has 0 saturated heterocycles. The first-order chi connectivity index (χ1) is 8.91. The van der Waals surface area contributed by atoms with E-state index in [4.69, 9.17) is 4.74 Å². The van der Waals surface area contributed by atoms with E-state index in [1.807, 2.05) is 7.05 Å². The topological polar surface area (TPSA) is 21.3 Å². The molecule has 1 aliphatic carbocycles. The number of likely N-dealkylation sites (N-methyl/N-ethyl adjacent to an activating group) is 1. The minimum atomic E-state index is 0.274. The van der Waals surface area contributed by atoms with Gasteiger partial charge in [-0.1, -0.05) is 19.9 Å². The predicted molar refractivity (Wildman–Crippen MR) is 80.8 cm³/mol. The largest absolute Gasteiger partial charge is 0.489 e. The summed E-state index contributed by atoms with van der Waals surface area (Å²) in [4.78, 5) is 0. The lowest BCUT2D eigenvalue weighted by Crippen LogP contribution is -2.47. The van der Waals surface area contributed by atoms with Gasteiger partial charge in [-0.25, -0.2) is 0 Å². The van der Waals surface area contributed by atoms with Crippen LogP contribution in [0.5, 0.6) is 5.75 Å². The zero-order valence-electron chi connectivity index (χ0n) is 12.9. The second kappa shape index (κ2) is 5.54. The Bertz CT molecular complexity index is 439. The quantitative estimate of drug-likeness (QED) is 0.892. The van der Waals surface area contributed by atoms with Gasteiger partial charge in [0.05, 0.1) is 0 Å². The van der Waals surface area contributed by atoms with Crippen molar-refractivity contribution in [2.75, 3.05) is 7.05 Å². The maximum absolute atomic E-state index is 6.27. The molecule has 1 saturated carbocycles. The van der Waals surface area contributed by atoms with Crippen LogP contribution in [-0.4, -0.2) is 19.2 Å². The standard InChI is InChI=1S/C17H27NO/c1-12-6-7-14(10-13(12)2)19-16-11-17(3,4)9-8-15(16)18-5/h6-7,10,15-16,18H,8-9,11H2,1-5H3. The summed E-state index contributed by atoms with van der Waals surface area (Å²) in [5.41, 5.74) is 3.01. The monoisotopic (exact) mass is 261 g/mol. The fourth-order valence-electron chi connectivity index (χ4n) is 2.94. The highest BCUT2D eigenvalue weighted by Gasteiger charge is 2.35. The van der Waals surface area contributed by atoms with Gasteiger partial charge in [-0.3, -0.25) is 0 Å². The Balaban J connectivity index is 2.12. The number of benzene rings is 1. The van der Waals surface area contributed by atoms with Crippen LogP contribution in [0.3, 0.4) is 0 Å². The molecule has 1 aromatic carbocycles. The van der Waals surface area contributed by atoms with Crippen LogP contribution in [-0.2, 0) is 0 Å². The van der Waals surface area contributed by atoms with Crippen molar-refractivity contribution < 1.29 is 4.74 Å². The highest BCUT2D eigenvalue weighted by molar-refractivity contribution is 5.34. The zero-order chi connectivity index (χ0) is 14.0. The van der Waals surface area contributed by atoms with E-state index in [-0.39, 0.29) is 6.10 Å². The third-order valence-electron chi connectivity index (χ3n) is 4.47. The molecule has 0 aliphatic heterocycles. The van der Waals surface area contributed by atoms with Crippen molar-refractivity contribution in [3.05, 3.63) is 29.3 Å². The van der Waals surface area contributed by atoms with Crippen LogP contribution in [0.1, 0.15) is 44.2 Å². The Labute approximate surface area is 117 Å². The zero-order valence-corrected chi connectivity index (χ0v) is 12.9. The molecule has 2 atom stereocenters. The van der Waals surface area contributed by atoms with E-state index < -0.39 is 0 Å². The molecule has 0 radical (unpaired) electrons. The minimum absolute atomic E-state index is 0.274. The Morgan fingerprint density at radius 2 is 1.95 bits per heavy atom. The van der Waals surface area contributed by atoms with Crippen molar-refractivity contribution in [1.29, 1.82) is 0 Å². The van der Waals surface area contributed by atoms with E-state index in [0.29, 0.717) is 11.5 Å². The third kappa shape index (κ3) is 3.50. The summed E-state index contributed by atoms with van der Waals surface area (Å²) >= 11 is 0. The normalized spacial score (nSPS) is 26.2. The second-order valence-electron chi connectivity index (χ2n) is 6.70. The van der Waals surface area contributed by atoms with Crippen LogP contribution >= 0.6 is 0 Å². The molecular weight excluding hydrogens is 234 g/mol. The predicted octanol–water partition coefficient (Wildman–Crippen LogP) is 3.85. The van der Waals surface area contributed by atoms with Gasteiger partial charge in [-0.05, 0) is 68.8 Å². The van der Waals surface area contributed by atoms with Gasteiger partial charge >= 0.3 is 0 Å². The number of ether oxygens (including phenoxy) is 1. The molecule has 1 fully saturated rings. The maximum Gasteiger partial charge on any atom is 0.120 e. The Hall–Kier alpha value is -1.02. The molecule has 0 heterocycles. The average Bonchev–Trinajstić information content (AvgIpc) is 2.33.